The first-order chi connectivity index (χ1) is 16.4. The fourth-order valence-corrected chi connectivity index (χ4v) is 3.94. The molecule has 0 radical (unpaired) electrons. The van der Waals surface area contributed by atoms with Crippen molar-refractivity contribution in [2.45, 2.75) is 46.0 Å². The molecule has 5 heteroatoms. The van der Waals surface area contributed by atoms with Crippen LogP contribution in [0.1, 0.15) is 61.9 Å². The lowest BCUT2D eigenvalue weighted by Crippen LogP contribution is -2.43. The van der Waals surface area contributed by atoms with Crippen molar-refractivity contribution >= 4 is 34.8 Å². The molecule has 4 nitrogen and oxygen atoms in total. The highest BCUT2D eigenvalue weighted by Crippen LogP contribution is 2.24. The van der Waals surface area contributed by atoms with Crippen molar-refractivity contribution in [1.29, 1.82) is 0 Å². The van der Waals surface area contributed by atoms with Gasteiger partial charge >= 0.3 is 0 Å². The first-order valence-corrected chi connectivity index (χ1v) is 12.3. The van der Waals surface area contributed by atoms with Crippen LogP contribution in [-0.4, -0.2) is 24.9 Å². The van der Waals surface area contributed by atoms with Gasteiger partial charge in [0.1, 0.15) is 6.54 Å². The topological polar surface area (TPSA) is 40.6 Å². The Bertz CT molecular complexity index is 1060. The Hall–Kier alpha value is -3.11. The zero-order chi connectivity index (χ0) is 24.5. The predicted molar refractivity (Wildman–Crippen MR) is 142 cm³/mol. The van der Waals surface area contributed by atoms with Gasteiger partial charge in [-0.05, 0) is 66.4 Å². The monoisotopic (exact) mass is 476 g/mol. The maximum absolute atomic E-state index is 13.6. The van der Waals surface area contributed by atoms with Gasteiger partial charge in [0.05, 0.1) is 0 Å². The number of rotatable bonds is 10. The van der Waals surface area contributed by atoms with Gasteiger partial charge in [0.2, 0.25) is 5.91 Å². The van der Waals surface area contributed by atoms with Gasteiger partial charge in [-0.2, -0.15) is 0 Å². The molecule has 0 unspecified atom stereocenters. The van der Waals surface area contributed by atoms with Gasteiger partial charge in [0.25, 0.3) is 5.91 Å². The Balaban J connectivity index is 1.92. The number of carbonyl (C=O) groups excluding carboxylic acids is 2. The van der Waals surface area contributed by atoms with E-state index in [0.717, 1.165) is 24.9 Å². The molecule has 0 aliphatic rings. The lowest BCUT2D eigenvalue weighted by Gasteiger charge is -2.28. The first kappa shape index (κ1) is 25.5. The van der Waals surface area contributed by atoms with Gasteiger partial charge in [0, 0.05) is 28.5 Å². The summed E-state index contributed by atoms with van der Waals surface area (Å²) in [4.78, 5) is 30.5. The molecule has 0 saturated carbocycles. The van der Waals surface area contributed by atoms with Crippen LogP contribution in [0.25, 0.3) is 0 Å². The van der Waals surface area contributed by atoms with Crippen LogP contribution in [0.4, 0.5) is 11.4 Å². The molecular formula is C29H33ClN2O2. The van der Waals surface area contributed by atoms with Gasteiger partial charge in [0.15, 0.2) is 0 Å². The standard InChI is InChI=1S/C29H33ClN2O2/c1-4-5-9-20-31(26-18-14-25(30)15-19-26)28(33)21-32(29(34)24-10-7-6-8-11-24)27-16-12-23(13-17-27)22(2)3/h6-8,10-19,22H,4-5,9,20-21H2,1-3H3. The summed E-state index contributed by atoms with van der Waals surface area (Å²) in [6.07, 6.45) is 2.98. The van der Waals surface area contributed by atoms with Crippen molar-refractivity contribution in [3.63, 3.8) is 0 Å². The lowest BCUT2D eigenvalue weighted by molar-refractivity contribution is -0.117. The van der Waals surface area contributed by atoms with Crippen LogP contribution in [0, 0.1) is 0 Å². The fourth-order valence-electron chi connectivity index (χ4n) is 3.82. The molecule has 0 bridgehead atoms. The molecule has 0 aromatic heterocycles. The van der Waals surface area contributed by atoms with E-state index in [2.05, 4.69) is 20.8 Å². The first-order valence-electron chi connectivity index (χ1n) is 11.9. The van der Waals surface area contributed by atoms with E-state index < -0.39 is 0 Å². The minimum Gasteiger partial charge on any atom is -0.311 e. The van der Waals surface area contributed by atoms with E-state index in [4.69, 9.17) is 11.6 Å². The third-order valence-electron chi connectivity index (χ3n) is 5.86. The molecule has 0 N–H and O–H groups in total. The maximum atomic E-state index is 13.6. The average molecular weight is 477 g/mol. The number of anilines is 2. The highest BCUT2D eigenvalue weighted by Gasteiger charge is 2.24. The molecule has 3 aromatic rings. The Kier molecular flexibility index (Phi) is 9.29. The third kappa shape index (κ3) is 6.71. The normalized spacial score (nSPS) is 10.9. The van der Waals surface area contributed by atoms with Crippen molar-refractivity contribution in [2.24, 2.45) is 0 Å². The third-order valence-corrected chi connectivity index (χ3v) is 6.11. The average Bonchev–Trinajstić information content (AvgIpc) is 2.86. The Labute approximate surface area is 208 Å². The van der Waals surface area contributed by atoms with Crippen molar-refractivity contribution in [1.82, 2.24) is 0 Å². The van der Waals surface area contributed by atoms with Crippen LogP contribution in [0.2, 0.25) is 5.02 Å². The van der Waals surface area contributed by atoms with E-state index in [0.29, 0.717) is 28.7 Å². The lowest BCUT2D eigenvalue weighted by atomic mass is 10.0. The van der Waals surface area contributed by atoms with Crippen molar-refractivity contribution in [2.75, 3.05) is 22.9 Å². The Morgan fingerprint density at radius 3 is 1.97 bits per heavy atom. The van der Waals surface area contributed by atoms with Crippen molar-refractivity contribution < 1.29 is 9.59 Å². The number of carbonyl (C=O) groups is 2. The highest BCUT2D eigenvalue weighted by atomic mass is 35.5. The molecule has 0 heterocycles. The molecule has 178 valence electrons. The summed E-state index contributed by atoms with van der Waals surface area (Å²) in [5, 5.41) is 0.621. The van der Waals surface area contributed by atoms with Gasteiger partial charge in [-0.15, -0.1) is 0 Å². The van der Waals surface area contributed by atoms with Crippen LogP contribution in [-0.2, 0) is 4.79 Å². The summed E-state index contributed by atoms with van der Waals surface area (Å²) in [6.45, 7) is 6.93. The van der Waals surface area contributed by atoms with E-state index in [-0.39, 0.29) is 18.4 Å². The minimum absolute atomic E-state index is 0.0521. The van der Waals surface area contributed by atoms with E-state index in [1.807, 2.05) is 54.6 Å². The second kappa shape index (κ2) is 12.4. The molecule has 0 saturated heterocycles. The smallest absolute Gasteiger partial charge is 0.258 e. The van der Waals surface area contributed by atoms with Gasteiger partial charge in [-0.3, -0.25) is 14.5 Å². The predicted octanol–water partition coefficient (Wildman–Crippen LogP) is 7.33. The molecule has 3 aromatic carbocycles. The Morgan fingerprint density at radius 1 is 0.794 bits per heavy atom. The summed E-state index contributed by atoms with van der Waals surface area (Å²) < 4.78 is 0. The molecule has 0 atom stereocenters. The molecular weight excluding hydrogens is 444 g/mol. The second-order valence-corrected chi connectivity index (χ2v) is 9.17. The summed E-state index contributed by atoms with van der Waals surface area (Å²) in [5.41, 5.74) is 3.22. The summed E-state index contributed by atoms with van der Waals surface area (Å²) in [5.74, 6) is 0.0550. The molecule has 0 aliphatic heterocycles. The fraction of sp³-hybridized carbons (Fsp3) is 0.310. The van der Waals surface area contributed by atoms with Crippen LogP contribution in [0.3, 0.4) is 0 Å². The molecule has 0 aliphatic carbocycles. The Morgan fingerprint density at radius 2 is 1.38 bits per heavy atom. The van der Waals surface area contributed by atoms with E-state index in [1.54, 1.807) is 34.1 Å². The van der Waals surface area contributed by atoms with Crippen LogP contribution in [0.5, 0.6) is 0 Å². The molecule has 0 spiro atoms. The van der Waals surface area contributed by atoms with Gasteiger partial charge in [-0.25, -0.2) is 0 Å². The SMILES string of the molecule is CCCCCN(C(=O)CN(C(=O)c1ccccc1)c1ccc(C(C)C)cc1)c1ccc(Cl)cc1. The number of unbranched alkanes of at least 4 members (excludes halogenated alkanes) is 2. The number of nitrogens with zero attached hydrogens (tertiary/aromatic N) is 2. The van der Waals surface area contributed by atoms with E-state index in [9.17, 15) is 9.59 Å². The van der Waals surface area contributed by atoms with E-state index in [1.165, 1.54) is 5.56 Å². The highest BCUT2D eigenvalue weighted by molar-refractivity contribution is 6.30. The number of amides is 2. The van der Waals surface area contributed by atoms with Crippen molar-refractivity contribution in [3.8, 4) is 0 Å². The summed E-state index contributed by atoms with van der Waals surface area (Å²) >= 11 is 6.08. The molecule has 0 fully saturated rings. The minimum atomic E-state index is -0.198. The number of hydrogen-bond donors (Lipinski definition) is 0. The number of halogens is 1. The van der Waals surface area contributed by atoms with Gasteiger partial charge < -0.3 is 4.90 Å². The molecule has 34 heavy (non-hydrogen) atoms. The van der Waals surface area contributed by atoms with Crippen LogP contribution < -0.4 is 9.80 Å². The maximum Gasteiger partial charge on any atom is 0.258 e. The van der Waals surface area contributed by atoms with Crippen LogP contribution >= 0.6 is 11.6 Å². The zero-order valence-corrected chi connectivity index (χ0v) is 21.0. The molecule has 3 rings (SSSR count). The second-order valence-electron chi connectivity index (χ2n) is 8.73. The summed E-state index contributed by atoms with van der Waals surface area (Å²) in [6, 6.07) is 24.3. The van der Waals surface area contributed by atoms with E-state index >= 15 is 0 Å². The molecule has 2 amide bonds. The number of benzene rings is 3. The van der Waals surface area contributed by atoms with Crippen LogP contribution in [0.15, 0.2) is 78.9 Å². The quantitative estimate of drug-likeness (QED) is 0.287. The largest absolute Gasteiger partial charge is 0.311 e. The number of hydrogen-bond acceptors (Lipinski definition) is 2. The van der Waals surface area contributed by atoms with Crippen molar-refractivity contribution in [3.05, 3.63) is 95.0 Å². The zero-order valence-electron chi connectivity index (χ0n) is 20.2. The van der Waals surface area contributed by atoms with Gasteiger partial charge in [-0.1, -0.05) is 75.5 Å². The summed E-state index contributed by atoms with van der Waals surface area (Å²) in [7, 11) is 0.